The molecule has 0 aromatic heterocycles. The van der Waals surface area contributed by atoms with E-state index in [-0.39, 0.29) is 24.0 Å². The van der Waals surface area contributed by atoms with Crippen LogP contribution < -0.4 is 15.8 Å². The van der Waals surface area contributed by atoms with Crippen LogP contribution in [0.4, 0.5) is 0 Å². The van der Waals surface area contributed by atoms with E-state index in [1.54, 1.807) is 0 Å². The standard InChI is InChI=1S/C20H32N4O2.HI/c21-20(23-18-6-2-1-3-7-18)22-16-17-5-4-8-19(15-17)26-14-11-24-9-12-25-13-10-24;/h4-5,8,15,18H,1-3,6-7,9-14,16H2,(H3,21,22,23);1H. The Hall–Kier alpha value is -1.06. The van der Waals surface area contributed by atoms with E-state index in [0.29, 0.717) is 25.2 Å². The number of hydrogen-bond acceptors (Lipinski definition) is 4. The highest BCUT2D eigenvalue weighted by molar-refractivity contribution is 14.0. The molecule has 1 aliphatic carbocycles. The molecule has 27 heavy (non-hydrogen) atoms. The lowest BCUT2D eigenvalue weighted by Crippen LogP contribution is -2.41. The summed E-state index contributed by atoms with van der Waals surface area (Å²) in [6, 6.07) is 8.61. The van der Waals surface area contributed by atoms with Gasteiger partial charge in [-0.25, -0.2) is 4.99 Å². The van der Waals surface area contributed by atoms with Crippen molar-refractivity contribution in [2.45, 2.75) is 44.7 Å². The summed E-state index contributed by atoms with van der Waals surface area (Å²) in [7, 11) is 0. The molecule has 0 bridgehead atoms. The first-order chi connectivity index (χ1) is 12.8. The maximum atomic E-state index is 6.05. The quantitative estimate of drug-likeness (QED) is 0.351. The third kappa shape index (κ3) is 8.23. The normalized spacial score (nSPS) is 19.3. The van der Waals surface area contributed by atoms with Gasteiger partial charge in [-0.3, -0.25) is 4.90 Å². The molecule has 3 rings (SSSR count). The summed E-state index contributed by atoms with van der Waals surface area (Å²) in [5.41, 5.74) is 7.16. The van der Waals surface area contributed by atoms with E-state index >= 15 is 0 Å². The smallest absolute Gasteiger partial charge is 0.189 e. The van der Waals surface area contributed by atoms with Gasteiger partial charge in [-0.05, 0) is 30.5 Å². The molecule has 1 aliphatic heterocycles. The third-order valence-corrected chi connectivity index (χ3v) is 5.07. The van der Waals surface area contributed by atoms with Crippen LogP contribution in [0, 0.1) is 0 Å². The third-order valence-electron chi connectivity index (χ3n) is 5.07. The summed E-state index contributed by atoms with van der Waals surface area (Å²) in [6.07, 6.45) is 6.31. The first-order valence-corrected chi connectivity index (χ1v) is 9.88. The zero-order chi connectivity index (χ0) is 18.0. The molecule has 0 amide bonds. The molecule has 1 saturated carbocycles. The first-order valence-electron chi connectivity index (χ1n) is 9.88. The SMILES string of the molecule is I.NC(=NCc1cccc(OCCN2CCOCC2)c1)NC1CCCCC1. The Morgan fingerprint density at radius 2 is 2.00 bits per heavy atom. The predicted octanol–water partition coefficient (Wildman–Crippen LogP) is 2.75. The molecule has 0 atom stereocenters. The minimum absolute atomic E-state index is 0. The number of nitrogens with one attached hydrogen (secondary N) is 1. The molecular formula is C20H33IN4O2. The van der Waals surface area contributed by atoms with Crippen molar-refractivity contribution in [1.29, 1.82) is 0 Å². The van der Waals surface area contributed by atoms with E-state index in [1.807, 2.05) is 12.1 Å². The van der Waals surface area contributed by atoms with Gasteiger partial charge in [0.1, 0.15) is 12.4 Å². The minimum Gasteiger partial charge on any atom is -0.492 e. The molecular weight excluding hydrogens is 455 g/mol. The zero-order valence-corrected chi connectivity index (χ0v) is 18.4. The fourth-order valence-corrected chi connectivity index (χ4v) is 3.53. The van der Waals surface area contributed by atoms with Crippen LogP contribution in [-0.4, -0.2) is 56.4 Å². The van der Waals surface area contributed by atoms with Crippen molar-refractivity contribution in [2.24, 2.45) is 10.7 Å². The van der Waals surface area contributed by atoms with Crippen molar-refractivity contribution in [1.82, 2.24) is 10.2 Å². The van der Waals surface area contributed by atoms with Gasteiger partial charge in [-0.15, -0.1) is 24.0 Å². The zero-order valence-electron chi connectivity index (χ0n) is 16.1. The van der Waals surface area contributed by atoms with Crippen molar-refractivity contribution in [3.8, 4) is 5.75 Å². The highest BCUT2D eigenvalue weighted by Crippen LogP contribution is 2.17. The number of benzene rings is 1. The first kappa shape index (κ1) is 22.2. The highest BCUT2D eigenvalue weighted by atomic mass is 127. The number of guanidine groups is 1. The van der Waals surface area contributed by atoms with Crippen molar-refractivity contribution in [2.75, 3.05) is 39.5 Å². The summed E-state index contributed by atoms with van der Waals surface area (Å²) in [5.74, 6) is 1.44. The number of aliphatic imine (C=N–C) groups is 1. The van der Waals surface area contributed by atoms with Gasteiger partial charge in [-0.2, -0.15) is 0 Å². The van der Waals surface area contributed by atoms with Crippen LogP contribution in [0.25, 0.3) is 0 Å². The van der Waals surface area contributed by atoms with Gasteiger partial charge in [0.2, 0.25) is 0 Å². The van der Waals surface area contributed by atoms with Crippen LogP contribution in [0.1, 0.15) is 37.7 Å². The van der Waals surface area contributed by atoms with E-state index < -0.39 is 0 Å². The van der Waals surface area contributed by atoms with Gasteiger partial charge in [0.15, 0.2) is 5.96 Å². The summed E-state index contributed by atoms with van der Waals surface area (Å²) in [4.78, 5) is 6.86. The minimum atomic E-state index is 0. The van der Waals surface area contributed by atoms with Crippen LogP contribution in [-0.2, 0) is 11.3 Å². The lowest BCUT2D eigenvalue weighted by atomic mass is 9.96. The predicted molar refractivity (Wildman–Crippen MR) is 120 cm³/mol. The lowest BCUT2D eigenvalue weighted by Gasteiger charge is -2.26. The van der Waals surface area contributed by atoms with Crippen LogP contribution >= 0.6 is 24.0 Å². The molecule has 1 heterocycles. The Labute approximate surface area is 179 Å². The molecule has 6 nitrogen and oxygen atoms in total. The molecule has 0 unspecified atom stereocenters. The van der Waals surface area contributed by atoms with Gasteiger partial charge in [-0.1, -0.05) is 31.4 Å². The topological polar surface area (TPSA) is 72.1 Å². The van der Waals surface area contributed by atoms with E-state index in [9.17, 15) is 0 Å². The molecule has 0 spiro atoms. The second-order valence-corrected chi connectivity index (χ2v) is 7.13. The molecule has 2 fully saturated rings. The molecule has 2 aliphatic rings. The Morgan fingerprint density at radius 1 is 1.22 bits per heavy atom. The largest absolute Gasteiger partial charge is 0.492 e. The van der Waals surface area contributed by atoms with Crippen LogP contribution in [0.3, 0.4) is 0 Å². The van der Waals surface area contributed by atoms with E-state index in [1.165, 1.54) is 32.1 Å². The van der Waals surface area contributed by atoms with Gasteiger partial charge in [0.05, 0.1) is 19.8 Å². The van der Waals surface area contributed by atoms with Gasteiger partial charge in [0.25, 0.3) is 0 Å². The second kappa shape index (κ2) is 12.4. The van der Waals surface area contributed by atoms with E-state index in [2.05, 4.69) is 27.3 Å². The van der Waals surface area contributed by atoms with Crippen molar-refractivity contribution in [3.63, 3.8) is 0 Å². The average molecular weight is 488 g/mol. The molecule has 3 N–H and O–H groups in total. The van der Waals surface area contributed by atoms with Crippen molar-refractivity contribution >= 4 is 29.9 Å². The van der Waals surface area contributed by atoms with Gasteiger partial charge >= 0.3 is 0 Å². The number of ether oxygens (including phenoxy) is 2. The fraction of sp³-hybridized carbons (Fsp3) is 0.650. The monoisotopic (exact) mass is 488 g/mol. The summed E-state index contributed by atoms with van der Waals surface area (Å²) < 4.78 is 11.3. The average Bonchev–Trinajstić information content (AvgIpc) is 2.68. The number of morpholine rings is 1. The number of rotatable bonds is 7. The Kier molecular flexibility index (Phi) is 10.2. The summed E-state index contributed by atoms with van der Waals surface area (Å²) >= 11 is 0. The Morgan fingerprint density at radius 3 is 2.78 bits per heavy atom. The molecule has 7 heteroatoms. The Balaban J connectivity index is 0.00000261. The summed E-state index contributed by atoms with van der Waals surface area (Å²) in [5, 5.41) is 3.36. The molecule has 152 valence electrons. The summed E-state index contributed by atoms with van der Waals surface area (Å²) in [6.45, 7) is 5.83. The second-order valence-electron chi connectivity index (χ2n) is 7.13. The van der Waals surface area contributed by atoms with Crippen LogP contribution in [0.2, 0.25) is 0 Å². The van der Waals surface area contributed by atoms with Crippen LogP contribution in [0.5, 0.6) is 5.75 Å². The van der Waals surface area contributed by atoms with Crippen LogP contribution in [0.15, 0.2) is 29.3 Å². The van der Waals surface area contributed by atoms with Gasteiger partial charge < -0.3 is 20.5 Å². The maximum absolute atomic E-state index is 6.05. The molecule has 1 aromatic rings. The number of nitrogens with zero attached hydrogens (tertiary/aromatic N) is 2. The molecule has 0 radical (unpaired) electrons. The molecule has 1 aromatic carbocycles. The highest BCUT2D eigenvalue weighted by Gasteiger charge is 2.13. The van der Waals surface area contributed by atoms with E-state index in [0.717, 1.165) is 44.2 Å². The van der Waals surface area contributed by atoms with E-state index in [4.69, 9.17) is 15.2 Å². The fourth-order valence-electron chi connectivity index (χ4n) is 3.53. The number of halogens is 1. The van der Waals surface area contributed by atoms with Crippen molar-refractivity contribution in [3.05, 3.63) is 29.8 Å². The number of hydrogen-bond donors (Lipinski definition) is 2. The number of nitrogens with two attached hydrogens (primary N) is 1. The maximum Gasteiger partial charge on any atom is 0.189 e. The molecule has 1 saturated heterocycles. The Bertz CT molecular complexity index is 573. The van der Waals surface area contributed by atoms with Crippen molar-refractivity contribution < 1.29 is 9.47 Å². The van der Waals surface area contributed by atoms with Gasteiger partial charge in [0, 0.05) is 25.7 Å². The lowest BCUT2D eigenvalue weighted by molar-refractivity contribution is 0.0322.